The molecule has 3 nitrogen and oxygen atoms in total. The molecule has 114 valence electrons. The first-order chi connectivity index (χ1) is 9.74. The topological polar surface area (TPSA) is 24.5 Å². The van der Waals surface area contributed by atoms with E-state index in [1.165, 1.54) is 58.2 Å². The van der Waals surface area contributed by atoms with Gasteiger partial charge in [0.15, 0.2) is 0 Å². The van der Waals surface area contributed by atoms with Crippen molar-refractivity contribution in [3.8, 4) is 0 Å². The Balaban J connectivity index is 1.43. The van der Waals surface area contributed by atoms with Gasteiger partial charge in [0, 0.05) is 44.4 Å². The van der Waals surface area contributed by atoms with Crippen LogP contribution in [0.5, 0.6) is 0 Å². The zero-order valence-electron chi connectivity index (χ0n) is 12.9. The van der Waals surface area contributed by atoms with Gasteiger partial charge in [0.1, 0.15) is 0 Å². The highest BCUT2D eigenvalue weighted by Crippen LogP contribution is 2.44. The van der Waals surface area contributed by atoms with E-state index < -0.39 is 0 Å². The van der Waals surface area contributed by atoms with E-state index in [1.54, 1.807) is 0 Å². The molecule has 0 aromatic carbocycles. The van der Waals surface area contributed by atoms with E-state index in [-0.39, 0.29) is 0 Å². The van der Waals surface area contributed by atoms with Crippen molar-refractivity contribution in [2.45, 2.75) is 57.0 Å². The van der Waals surface area contributed by atoms with Crippen LogP contribution >= 0.6 is 0 Å². The van der Waals surface area contributed by atoms with Gasteiger partial charge in [0.25, 0.3) is 0 Å². The van der Waals surface area contributed by atoms with E-state index in [2.05, 4.69) is 17.1 Å². The van der Waals surface area contributed by atoms with Crippen LogP contribution in [0.1, 0.15) is 45.4 Å². The van der Waals surface area contributed by atoms with Crippen molar-refractivity contribution < 1.29 is 4.74 Å². The third-order valence-corrected chi connectivity index (χ3v) is 6.19. The second kappa shape index (κ2) is 5.26. The minimum Gasteiger partial charge on any atom is -0.381 e. The third-order valence-electron chi connectivity index (χ3n) is 6.19. The summed E-state index contributed by atoms with van der Waals surface area (Å²) < 4.78 is 5.53. The van der Waals surface area contributed by atoms with Crippen LogP contribution in [0, 0.1) is 17.8 Å². The lowest BCUT2D eigenvalue weighted by Crippen LogP contribution is -2.65. The molecule has 2 aliphatic carbocycles. The first-order valence-electron chi connectivity index (χ1n) is 8.81. The van der Waals surface area contributed by atoms with Gasteiger partial charge in [-0.15, -0.1) is 0 Å². The molecule has 4 fully saturated rings. The lowest BCUT2D eigenvalue weighted by Gasteiger charge is -2.48. The van der Waals surface area contributed by atoms with Crippen molar-refractivity contribution >= 4 is 0 Å². The highest BCUT2D eigenvalue weighted by Gasteiger charge is 2.48. The molecule has 0 spiro atoms. The van der Waals surface area contributed by atoms with Gasteiger partial charge in [0.2, 0.25) is 0 Å². The Kier molecular flexibility index (Phi) is 3.56. The third kappa shape index (κ3) is 2.77. The molecule has 1 N–H and O–H groups in total. The summed E-state index contributed by atoms with van der Waals surface area (Å²) in [6.45, 7) is 8.31. The second-order valence-electron chi connectivity index (χ2n) is 7.96. The number of ether oxygens (including phenoxy) is 1. The molecule has 3 heteroatoms. The van der Waals surface area contributed by atoms with Crippen LogP contribution in [0.15, 0.2) is 0 Å². The molecule has 0 bridgehead atoms. The van der Waals surface area contributed by atoms with Gasteiger partial charge in [-0.1, -0.05) is 0 Å². The average Bonchev–Trinajstić information content (AvgIpc) is 3.31. The normalized spacial score (nSPS) is 41.0. The number of piperazine rings is 1. The van der Waals surface area contributed by atoms with Crippen LogP contribution in [0.4, 0.5) is 0 Å². The molecule has 2 atom stereocenters. The van der Waals surface area contributed by atoms with Crippen LogP contribution < -0.4 is 5.32 Å². The van der Waals surface area contributed by atoms with Gasteiger partial charge in [0.05, 0.1) is 0 Å². The Labute approximate surface area is 123 Å². The monoisotopic (exact) mass is 278 g/mol. The highest BCUT2D eigenvalue weighted by atomic mass is 16.5. The molecule has 0 radical (unpaired) electrons. The van der Waals surface area contributed by atoms with Crippen LogP contribution in [-0.2, 0) is 4.74 Å². The predicted octanol–water partition coefficient (Wildman–Crippen LogP) is 2.27. The summed E-state index contributed by atoms with van der Waals surface area (Å²) in [5, 5.41) is 3.93. The first kappa shape index (κ1) is 13.5. The molecule has 0 aromatic rings. The number of hydrogen-bond donors (Lipinski definition) is 1. The molecule has 4 aliphatic rings. The summed E-state index contributed by atoms with van der Waals surface area (Å²) in [6, 6.07) is 0.824. The highest BCUT2D eigenvalue weighted by molar-refractivity contribution is 5.06. The van der Waals surface area contributed by atoms with Crippen molar-refractivity contribution in [1.29, 1.82) is 0 Å². The fourth-order valence-corrected chi connectivity index (χ4v) is 4.46. The summed E-state index contributed by atoms with van der Waals surface area (Å²) in [4.78, 5) is 2.88. The molecule has 4 rings (SSSR count). The molecule has 2 saturated carbocycles. The smallest absolute Gasteiger partial charge is 0.0469 e. The quantitative estimate of drug-likeness (QED) is 0.854. The minimum atomic E-state index is 0.399. The van der Waals surface area contributed by atoms with E-state index in [1.807, 2.05) is 0 Å². The number of nitrogens with one attached hydrogen (secondary N) is 1. The maximum atomic E-state index is 5.53. The van der Waals surface area contributed by atoms with E-state index in [4.69, 9.17) is 4.74 Å². The summed E-state index contributed by atoms with van der Waals surface area (Å²) in [7, 11) is 0. The van der Waals surface area contributed by atoms with E-state index in [0.717, 1.165) is 37.0 Å². The summed E-state index contributed by atoms with van der Waals surface area (Å²) in [5.41, 5.74) is 0.399. The number of rotatable bonds is 4. The molecular formula is C17H30N2O. The molecule has 0 amide bonds. The van der Waals surface area contributed by atoms with Crippen molar-refractivity contribution in [2.75, 3.05) is 32.8 Å². The Morgan fingerprint density at radius 1 is 1.10 bits per heavy atom. The summed E-state index contributed by atoms with van der Waals surface area (Å²) >= 11 is 0. The van der Waals surface area contributed by atoms with Gasteiger partial charge in [-0.2, -0.15) is 0 Å². The van der Waals surface area contributed by atoms with E-state index in [9.17, 15) is 0 Å². The first-order valence-corrected chi connectivity index (χ1v) is 8.81. The number of hydrogen-bond acceptors (Lipinski definition) is 3. The van der Waals surface area contributed by atoms with Crippen molar-refractivity contribution in [1.82, 2.24) is 10.2 Å². The Bertz CT molecular complexity index is 347. The fraction of sp³-hybridized carbons (Fsp3) is 1.00. The summed E-state index contributed by atoms with van der Waals surface area (Å²) in [5.74, 6) is 2.82. The average molecular weight is 278 g/mol. The molecule has 2 saturated heterocycles. The van der Waals surface area contributed by atoms with Gasteiger partial charge in [-0.25, -0.2) is 0 Å². The van der Waals surface area contributed by atoms with Crippen LogP contribution in [0.2, 0.25) is 0 Å². The maximum absolute atomic E-state index is 5.53. The predicted molar refractivity (Wildman–Crippen MR) is 80.8 cm³/mol. The molecular weight excluding hydrogens is 248 g/mol. The largest absolute Gasteiger partial charge is 0.381 e. The minimum absolute atomic E-state index is 0.399. The lowest BCUT2D eigenvalue weighted by atomic mass is 9.88. The Morgan fingerprint density at radius 2 is 1.85 bits per heavy atom. The molecule has 2 unspecified atom stereocenters. The SMILES string of the molecule is CC1(C2CC2)CN(CC2CCOCC2)C(C2CC2)CN1. The van der Waals surface area contributed by atoms with E-state index >= 15 is 0 Å². The van der Waals surface area contributed by atoms with Gasteiger partial charge >= 0.3 is 0 Å². The number of nitrogens with zero attached hydrogens (tertiary/aromatic N) is 1. The van der Waals surface area contributed by atoms with Gasteiger partial charge in [-0.3, -0.25) is 4.90 Å². The molecule has 2 aliphatic heterocycles. The van der Waals surface area contributed by atoms with Crippen LogP contribution in [0.3, 0.4) is 0 Å². The molecule has 20 heavy (non-hydrogen) atoms. The second-order valence-corrected chi connectivity index (χ2v) is 7.96. The van der Waals surface area contributed by atoms with E-state index in [0.29, 0.717) is 5.54 Å². The standard InChI is InChI=1S/C17H30N2O/c1-17(15-4-5-15)12-19(11-13-6-8-20-9-7-13)16(10-18-17)14-2-3-14/h13-16,18H,2-12H2,1H3. The molecule has 0 aromatic heterocycles. The fourth-order valence-electron chi connectivity index (χ4n) is 4.46. The van der Waals surface area contributed by atoms with Crippen molar-refractivity contribution in [3.05, 3.63) is 0 Å². The van der Waals surface area contributed by atoms with Crippen LogP contribution in [0.25, 0.3) is 0 Å². The Morgan fingerprint density at radius 3 is 2.50 bits per heavy atom. The summed E-state index contributed by atoms with van der Waals surface area (Å²) in [6.07, 6.45) is 8.39. The van der Waals surface area contributed by atoms with Crippen molar-refractivity contribution in [3.63, 3.8) is 0 Å². The van der Waals surface area contributed by atoms with Gasteiger partial charge < -0.3 is 10.1 Å². The lowest BCUT2D eigenvalue weighted by molar-refractivity contribution is 0.0154. The zero-order chi connectivity index (χ0) is 13.6. The zero-order valence-corrected chi connectivity index (χ0v) is 12.9. The molecule has 2 heterocycles. The van der Waals surface area contributed by atoms with Crippen LogP contribution in [-0.4, -0.2) is 49.3 Å². The van der Waals surface area contributed by atoms with Gasteiger partial charge in [-0.05, 0) is 63.2 Å². The maximum Gasteiger partial charge on any atom is 0.0469 e. The Hall–Kier alpha value is -0.120. The van der Waals surface area contributed by atoms with Crippen molar-refractivity contribution in [2.24, 2.45) is 17.8 Å².